The molecule has 0 saturated carbocycles. The van der Waals surface area contributed by atoms with Crippen LogP contribution in [0.3, 0.4) is 0 Å². The van der Waals surface area contributed by atoms with E-state index in [1.807, 2.05) is 6.07 Å². The first-order chi connectivity index (χ1) is 9.05. The molecule has 5 nitrogen and oxygen atoms in total. The van der Waals surface area contributed by atoms with Gasteiger partial charge in [-0.25, -0.2) is 13.6 Å². The van der Waals surface area contributed by atoms with E-state index in [1.54, 1.807) is 12.1 Å². The highest BCUT2D eigenvalue weighted by atomic mass is 32.2. The topological polar surface area (TPSA) is 81.4 Å². The molecule has 19 heavy (non-hydrogen) atoms. The molecule has 0 aliphatic carbocycles. The van der Waals surface area contributed by atoms with Gasteiger partial charge < -0.3 is 10.1 Å². The Bertz CT molecular complexity index is 510. The van der Waals surface area contributed by atoms with Gasteiger partial charge in [0.25, 0.3) is 0 Å². The molecular weight excluding hydrogens is 264 g/mol. The van der Waals surface area contributed by atoms with E-state index in [2.05, 4.69) is 5.32 Å². The average Bonchev–Trinajstić information content (AvgIpc) is 2.39. The van der Waals surface area contributed by atoms with E-state index < -0.39 is 10.0 Å². The second-order valence-electron chi connectivity index (χ2n) is 4.88. The lowest BCUT2D eigenvalue weighted by atomic mass is 10.0. The molecule has 0 spiro atoms. The minimum Gasteiger partial charge on any atom is -0.381 e. The third-order valence-corrected chi connectivity index (χ3v) is 4.24. The predicted molar refractivity (Wildman–Crippen MR) is 73.1 cm³/mol. The lowest BCUT2D eigenvalue weighted by molar-refractivity contribution is 0.0662. The summed E-state index contributed by atoms with van der Waals surface area (Å²) in [4.78, 5) is 0.165. The monoisotopic (exact) mass is 284 g/mol. The minimum atomic E-state index is -3.62. The molecule has 0 aromatic heterocycles. The molecular formula is C13H20N2O3S. The fraction of sp³-hybridized carbons (Fsp3) is 0.538. The highest BCUT2D eigenvalue weighted by Gasteiger charge is 2.13. The van der Waals surface area contributed by atoms with Crippen LogP contribution in [-0.2, 0) is 21.3 Å². The van der Waals surface area contributed by atoms with Crippen molar-refractivity contribution in [1.29, 1.82) is 0 Å². The van der Waals surface area contributed by atoms with Crippen LogP contribution in [0.15, 0.2) is 29.2 Å². The predicted octanol–water partition coefficient (Wildman–Crippen LogP) is 0.850. The Morgan fingerprint density at radius 1 is 1.32 bits per heavy atom. The summed E-state index contributed by atoms with van der Waals surface area (Å²) in [5.74, 6) is 0.648. The number of primary sulfonamides is 1. The summed E-state index contributed by atoms with van der Waals surface area (Å²) in [6.07, 6.45) is 2.18. The molecule has 0 atom stereocenters. The molecule has 0 radical (unpaired) electrons. The van der Waals surface area contributed by atoms with Crippen LogP contribution in [0.1, 0.15) is 18.4 Å². The Morgan fingerprint density at radius 3 is 2.74 bits per heavy atom. The second kappa shape index (κ2) is 6.47. The lowest BCUT2D eigenvalue weighted by Gasteiger charge is -2.22. The number of hydrogen-bond donors (Lipinski definition) is 2. The SMILES string of the molecule is NS(=O)(=O)c1cccc(CNCC2CCOCC2)c1. The molecule has 1 aliphatic rings. The molecule has 1 fully saturated rings. The van der Waals surface area contributed by atoms with Gasteiger partial charge in [-0.1, -0.05) is 12.1 Å². The highest BCUT2D eigenvalue weighted by molar-refractivity contribution is 7.89. The molecule has 1 aromatic rings. The minimum absolute atomic E-state index is 0.165. The first kappa shape index (κ1) is 14.5. The number of rotatable bonds is 5. The molecule has 3 N–H and O–H groups in total. The highest BCUT2D eigenvalue weighted by Crippen LogP contribution is 2.14. The number of nitrogens with two attached hydrogens (primary N) is 1. The number of benzene rings is 1. The van der Waals surface area contributed by atoms with Crippen LogP contribution in [0, 0.1) is 5.92 Å². The van der Waals surface area contributed by atoms with Crippen molar-refractivity contribution in [2.45, 2.75) is 24.3 Å². The number of sulfonamides is 1. The van der Waals surface area contributed by atoms with Crippen molar-refractivity contribution in [1.82, 2.24) is 5.32 Å². The second-order valence-corrected chi connectivity index (χ2v) is 6.44. The summed E-state index contributed by atoms with van der Waals surface area (Å²) in [6.45, 7) is 3.27. The molecule has 1 aliphatic heterocycles. The van der Waals surface area contributed by atoms with Crippen molar-refractivity contribution >= 4 is 10.0 Å². The molecule has 1 heterocycles. The van der Waals surface area contributed by atoms with Crippen molar-refractivity contribution in [2.75, 3.05) is 19.8 Å². The average molecular weight is 284 g/mol. The Hall–Kier alpha value is -0.950. The van der Waals surface area contributed by atoms with E-state index in [1.165, 1.54) is 6.07 Å². The molecule has 1 aromatic carbocycles. The van der Waals surface area contributed by atoms with Gasteiger partial charge in [0.1, 0.15) is 0 Å². The van der Waals surface area contributed by atoms with Gasteiger partial charge in [0.2, 0.25) is 10.0 Å². The van der Waals surface area contributed by atoms with Crippen LogP contribution in [-0.4, -0.2) is 28.2 Å². The Morgan fingerprint density at radius 2 is 2.05 bits per heavy atom. The van der Waals surface area contributed by atoms with Crippen molar-refractivity contribution in [3.05, 3.63) is 29.8 Å². The van der Waals surface area contributed by atoms with Crippen LogP contribution >= 0.6 is 0 Å². The number of ether oxygens (including phenoxy) is 1. The van der Waals surface area contributed by atoms with Gasteiger partial charge in [0, 0.05) is 19.8 Å². The van der Waals surface area contributed by atoms with Gasteiger partial charge >= 0.3 is 0 Å². The first-order valence-corrected chi connectivity index (χ1v) is 8.00. The van der Waals surface area contributed by atoms with Gasteiger partial charge in [-0.2, -0.15) is 0 Å². The summed E-state index contributed by atoms with van der Waals surface area (Å²) in [6, 6.07) is 6.74. The largest absolute Gasteiger partial charge is 0.381 e. The van der Waals surface area contributed by atoms with Crippen LogP contribution in [0.4, 0.5) is 0 Å². The molecule has 0 bridgehead atoms. The standard InChI is InChI=1S/C13H20N2O3S/c14-19(16,17)13-3-1-2-12(8-13)10-15-9-11-4-6-18-7-5-11/h1-3,8,11,15H,4-7,9-10H2,(H2,14,16,17). The zero-order valence-electron chi connectivity index (χ0n) is 10.8. The van der Waals surface area contributed by atoms with Gasteiger partial charge in [0.05, 0.1) is 4.90 Å². The smallest absolute Gasteiger partial charge is 0.238 e. The summed E-state index contributed by atoms with van der Waals surface area (Å²) in [7, 11) is -3.62. The van der Waals surface area contributed by atoms with E-state index in [4.69, 9.17) is 9.88 Å². The first-order valence-electron chi connectivity index (χ1n) is 6.46. The van der Waals surface area contributed by atoms with Crippen molar-refractivity contribution < 1.29 is 13.2 Å². The van der Waals surface area contributed by atoms with Gasteiger partial charge in [-0.3, -0.25) is 0 Å². The molecule has 6 heteroatoms. The fourth-order valence-electron chi connectivity index (χ4n) is 2.20. The fourth-order valence-corrected chi connectivity index (χ4v) is 2.79. The number of nitrogens with one attached hydrogen (secondary N) is 1. The van der Waals surface area contributed by atoms with E-state index in [0.29, 0.717) is 12.5 Å². The lowest BCUT2D eigenvalue weighted by Crippen LogP contribution is -2.27. The van der Waals surface area contributed by atoms with Crippen LogP contribution < -0.4 is 10.5 Å². The van der Waals surface area contributed by atoms with Gasteiger partial charge in [-0.15, -0.1) is 0 Å². The van der Waals surface area contributed by atoms with Gasteiger partial charge in [0.15, 0.2) is 0 Å². The van der Waals surface area contributed by atoms with E-state index in [0.717, 1.165) is 38.2 Å². The van der Waals surface area contributed by atoms with E-state index in [-0.39, 0.29) is 4.90 Å². The maximum atomic E-state index is 11.2. The van der Waals surface area contributed by atoms with Crippen LogP contribution in [0.25, 0.3) is 0 Å². The third-order valence-electron chi connectivity index (χ3n) is 3.33. The van der Waals surface area contributed by atoms with Crippen LogP contribution in [0.5, 0.6) is 0 Å². The van der Waals surface area contributed by atoms with Gasteiger partial charge in [-0.05, 0) is 43.0 Å². The number of hydrogen-bond acceptors (Lipinski definition) is 4. The third kappa shape index (κ3) is 4.58. The molecule has 2 rings (SSSR count). The molecule has 0 unspecified atom stereocenters. The summed E-state index contributed by atoms with van der Waals surface area (Å²) in [5.41, 5.74) is 0.929. The Kier molecular flexibility index (Phi) is 4.93. The maximum Gasteiger partial charge on any atom is 0.238 e. The quantitative estimate of drug-likeness (QED) is 0.840. The van der Waals surface area contributed by atoms with E-state index in [9.17, 15) is 8.42 Å². The molecule has 106 valence electrons. The molecule has 1 saturated heterocycles. The summed E-state index contributed by atoms with van der Waals surface area (Å²) in [5, 5.41) is 8.47. The Balaban J connectivity index is 1.85. The van der Waals surface area contributed by atoms with Crippen molar-refractivity contribution in [2.24, 2.45) is 11.1 Å². The normalized spacial score (nSPS) is 17.5. The summed E-state index contributed by atoms with van der Waals surface area (Å²) < 4.78 is 27.8. The van der Waals surface area contributed by atoms with Crippen molar-refractivity contribution in [3.8, 4) is 0 Å². The summed E-state index contributed by atoms with van der Waals surface area (Å²) >= 11 is 0. The zero-order valence-corrected chi connectivity index (χ0v) is 11.7. The zero-order chi connectivity index (χ0) is 13.7. The van der Waals surface area contributed by atoms with E-state index >= 15 is 0 Å². The van der Waals surface area contributed by atoms with Crippen LogP contribution in [0.2, 0.25) is 0 Å². The molecule has 0 amide bonds. The maximum absolute atomic E-state index is 11.2. The van der Waals surface area contributed by atoms with Crippen molar-refractivity contribution in [3.63, 3.8) is 0 Å². The Labute approximate surface area is 114 Å².